The van der Waals surface area contributed by atoms with E-state index in [1.807, 2.05) is 0 Å². The molecule has 0 nitrogen and oxygen atoms in total. The molecule has 0 aliphatic heterocycles. The SMILES string of the molecule is CC1CCC(c2ccccc2)(C2C=CC=CC2)CC1. The normalized spacial score (nSPS) is 34.4. The maximum Gasteiger partial charge on any atom is 0.00190 e. The lowest BCUT2D eigenvalue weighted by Crippen LogP contribution is -2.38. The van der Waals surface area contributed by atoms with Gasteiger partial charge in [0.25, 0.3) is 0 Å². The Bertz CT molecular complexity index is 458. The zero-order valence-electron chi connectivity index (χ0n) is 11.9. The van der Waals surface area contributed by atoms with Gasteiger partial charge in [-0.05, 0) is 49.5 Å². The summed E-state index contributed by atoms with van der Waals surface area (Å²) in [7, 11) is 0. The summed E-state index contributed by atoms with van der Waals surface area (Å²) < 4.78 is 0. The standard InChI is InChI=1S/C19H24/c1-16-12-14-19(15-13-16,17-8-4-2-5-9-17)18-10-6-3-7-11-18/h2-10,16,18H,11-15H2,1H3. The summed E-state index contributed by atoms with van der Waals surface area (Å²) in [4.78, 5) is 0. The third kappa shape index (κ3) is 2.41. The fraction of sp³-hybridized carbons (Fsp3) is 0.474. The summed E-state index contributed by atoms with van der Waals surface area (Å²) >= 11 is 0. The lowest BCUT2D eigenvalue weighted by atomic mass is 9.59. The van der Waals surface area contributed by atoms with Gasteiger partial charge in [-0.2, -0.15) is 0 Å². The van der Waals surface area contributed by atoms with Crippen molar-refractivity contribution >= 4 is 0 Å². The summed E-state index contributed by atoms with van der Waals surface area (Å²) in [5.41, 5.74) is 1.95. The van der Waals surface area contributed by atoms with Gasteiger partial charge in [-0.1, -0.05) is 61.6 Å². The Labute approximate surface area is 117 Å². The maximum absolute atomic E-state index is 2.45. The Morgan fingerprint density at radius 1 is 1.00 bits per heavy atom. The van der Waals surface area contributed by atoms with Gasteiger partial charge < -0.3 is 0 Å². The number of rotatable bonds is 2. The predicted octanol–water partition coefficient (Wildman–Crippen LogP) is 5.27. The van der Waals surface area contributed by atoms with Crippen LogP contribution in [-0.2, 0) is 5.41 Å². The molecular weight excluding hydrogens is 228 g/mol. The fourth-order valence-corrected chi connectivity index (χ4v) is 3.91. The summed E-state index contributed by atoms with van der Waals surface area (Å²) in [6, 6.07) is 11.2. The van der Waals surface area contributed by atoms with Crippen molar-refractivity contribution in [2.24, 2.45) is 11.8 Å². The van der Waals surface area contributed by atoms with Crippen LogP contribution in [0.2, 0.25) is 0 Å². The Morgan fingerprint density at radius 3 is 2.37 bits per heavy atom. The molecule has 0 N–H and O–H groups in total. The van der Waals surface area contributed by atoms with E-state index in [2.05, 4.69) is 61.6 Å². The molecule has 3 rings (SSSR count). The van der Waals surface area contributed by atoms with Crippen molar-refractivity contribution in [1.29, 1.82) is 0 Å². The topological polar surface area (TPSA) is 0 Å². The van der Waals surface area contributed by atoms with E-state index in [0.717, 1.165) is 5.92 Å². The van der Waals surface area contributed by atoms with Crippen molar-refractivity contribution in [3.05, 3.63) is 60.2 Å². The van der Waals surface area contributed by atoms with Gasteiger partial charge in [0.05, 0.1) is 0 Å². The van der Waals surface area contributed by atoms with Crippen LogP contribution in [0.5, 0.6) is 0 Å². The zero-order valence-corrected chi connectivity index (χ0v) is 11.9. The largest absolute Gasteiger partial charge is 0.0839 e. The molecule has 0 spiro atoms. The predicted molar refractivity (Wildman–Crippen MR) is 82.1 cm³/mol. The minimum atomic E-state index is 0.384. The van der Waals surface area contributed by atoms with Gasteiger partial charge in [0, 0.05) is 5.41 Å². The van der Waals surface area contributed by atoms with Gasteiger partial charge in [0.2, 0.25) is 0 Å². The average molecular weight is 252 g/mol. The monoisotopic (exact) mass is 252 g/mol. The molecule has 100 valence electrons. The van der Waals surface area contributed by atoms with Crippen LogP contribution in [-0.4, -0.2) is 0 Å². The van der Waals surface area contributed by atoms with Gasteiger partial charge in [0.15, 0.2) is 0 Å². The fourth-order valence-electron chi connectivity index (χ4n) is 3.91. The molecule has 0 bridgehead atoms. The molecule has 2 aliphatic carbocycles. The Kier molecular flexibility index (Phi) is 3.59. The van der Waals surface area contributed by atoms with Crippen LogP contribution in [0.4, 0.5) is 0 Å². The van der Waals surface area contributed by atoms with Gasteiger partial charge in [-0.15, -0.1) is 0 Å². The van der Waals surface area contributed by atoms with E-state index in [-0.39, 0.29) is 0 Å². The Hall–Kier alpha value is -1.30. The van der Waals surface area contributed by atoms with E-state index in [9.17, 15) is 0 Å². The summed E-state index contributed by atoms with van der Waals surface area (Å²) in [5.74, 6) is 1.59. The molecule has 0 heteroatoms. The third-order valence-corrected chi connectivity index (χ3v) is 5.21. The second kappa shape index (κ2) is 5.36. The Balaban J connectivity index is 1.96. The summed E-state index contributed by atoms with van der Waals surface area (Å²) in [6.07, 6.45) is 15.9. The first kappa shape index (κ1) is 12.7. The molecule has 0 amide bonds. The molecule has 1 atom stereocenters. The minimum Gasteiger partial charge on any atom is -0.0839 e. The zero-order chi connectivity index (χ0) is 13.1. The van der Waals surface area contributed by atoms with Crippen LogP contribution in [0.25, 0.3) is 0 Å². The molecule has 0 aromatic heterocycles. The first-order chi connectivity index (χ1) is 9.31. The highest BCUT2D eigenvalue weighted by atomic mass is 14.4. The number of allylic oxidation sites excluding steroid dienone is 4. The van der Waals surface area contributed by atoms with Crippen LogP contribution in [0.3, 0.4) is 0 Å². The van der Waals surface area contributed by atoms with E-state index in [1.165, 1.54) is 32.1 Å². The highest BCUT2D eigenvalue weighted by molar-refractivity contribution is 5.31. The second-order valence-electron chi connectivity index (χ2n) is 6.36. The van der Waals surface area contributed by atoms with Crippen LogP contribution < -0.4 is 0 Å². The van der Waals surface area contributed by atoms with Crippen LogP contribution in [0, 0.1) is 11.8 Å². The first-order valence-corrected chi connectivity index (χ1v) is 7.70. The van der Waals surface area contributed by atoms with Crippen molar-refractivity contribution in [2.75, 3.05) is 0 Å². The quantitative estimate of drug-likeness (QED) is 0.673. The molecule has 2 aliphatic rings. The molecule has 0 radical (unpaired) electrons. The third-order valence-electron chi connectivity index (χ3n) is 5.21. The number of hydrogen-bond donors (Lipinski definition) is 0. The minimum absolute atomic E-state index is 0.384. The molecule has 1 aromatic carbocycles. The summed E-state index contributed by atoms with van der Waals surface area (Å²) in [5, 5.41) is 0. The molecule has 1 aromatic rings. The molecule has 1 saturated carbocycles. The molecule has 1 unspecified atom stereocenters. The molecule has 19 heavy (non-hydrogen) atoms. The Morgan fingerprint density at radius 2 is 1.74 bits per heavy atom. The van der Waals surface area contributed by atoms with Crippen molar-refractivity contribution < 1.29 is 0 Å². The van der Waals surface area contributed by atoms with E-state index in [0.29, 0.717) is 11.3 Å². The van der Waals surface area contributed by atoms with Gasteiger partial charge in [-0.25, -0.2) is 0 Å². The van der Waals surface area contributed by atoms with Crippen molar-refractivity contribution in [3.63, 3.8) is 0 Å². The molecule has 0 heterocycles. The number of benzene rings is 1. The van der Waals surface area contributed by atoms with Crippen molar-refractivity contribution in [2.45, 2.75) is 44.4 Å². The van der Waals surface area contributed by atoms with Gasteiger partial charge >= 0.3 is 0 Å². The van der Waals surface area contributed by atoms with E-state index < -0.39 is 0 Å². The lowest BCUT2D eigenvalue weighted by Gasteiger charge is -2.45. The van der Waals surface area contributed by atoms with Crippen LogP contribution in [0.15, 0.2) is 54.6 Å². The average Bonchev–Trinajstić information content (AvgIpc) is 2.50. The van der Waals surface area contributed by atoms with E-state index >= 15 is 0 Å². The molecular formula is C19H24. The second-order valence-corrected chi connectivity index (χ2v) is 6.36. The van der Waals surface area contributed by atoms with Crippen LogP contribution >= 0.6 is 0 Å². The smallest absolute Gasteiger partial charge is 0.00190 e. The highest BCUT2D eigenvalue weighted by Crippen LogP contribution is 2.48. The molecule has 1 fully saturated rings. The van der Waals surface area contributed by atoms with Crippen molar-refractivity contribution in [3.8, 4) is 0 Å². The summed E-state index contributed by atoms with van der Waals surface area (Å²) in [6.45, 7) is 2.41. The first-order valence-electron chi connectivity index (χ1n) is 7.70. The van der Waals surface area contributed by atoms with E-state index in [1.54, 1.807) is 5.56 Å². The van der Waals surface area contributed by atoms with E-state index in [4.69, 9.17) is 0 Å². The van der Waals surface area contributed by atoms with Gasteiger partial charge in [-0.3, -0.25) is 0 Å². The van der Waals surface area contributed by atoms with Crippen LogP contribution in [0.1, 0.15) is 44.6 Å². The maximum atomic E-state index is 2.45. The highest BCUT2D eigenvalue weighted by Gasteiger charge is 2.40. The molecule has 0 saturated heterocycles. The van der Waals surface area contributed by atoms with Gasteiger partial charge in [0.1, 0.15) is 0 Å². The van der Waals surface area contributed by atoms with Crippen molar-refractivity contribution in [1.82, 2.24) is 0 Å². The number of hydrogen-bond acceptors (Lipinski definition) is 0. The lowest BCUT2D eigenvalue weighted by molar-refractivity contribution is 0.188.